The number of hydrogen-bond acceptors (Lipinski definition) is 2. The van der Waals surface area contributed by atoms with Crippen LogP contribution in [0.25, 0.3) is 0 Å². The van der Waals surface area contributed by atoms with E-state index in [1.165, 1.54) is 5.57 Å². The van der Waals surface area contributed by atoms with Gasteiger partial charge in [0.15, 0.2) is 0 Å². The predicted octanol–water partition coefficient (Wildman–Crippen LogP) is 3.72. The van der Waals surface area contributed by atoms with Crippen molar-refractivity contribution in [1.82, 2.24) is 5.43 Å². The summed E-state index contributed by atoms with van der Waals surface area (Å²) in [6.07, 6.45) is 2.59. The molecule has 0 fully saturated rings. The molecule has 0 heterocycles. The Morgan fingerprint density at radius 1 is 1.47 bits per heavy atom. The maximum atomic E-state index is 6.13. The normalized spacial score (nSPS) is 12.5. The molecule has 0 aliphatic heterocycles. The van der Waals surface area contributed by atoms with Crippen LogP contribution in [0.5, 0.6) is 0 Å². The third kappa shape index (κ3) is 4.68. The third-order valence-electron chi connectivity index (χ3n) is 2.75. The van der Waals surface area contributed by atoms with E-state index in [9.17, 15) is 0 Å². The van der Waals surface area contributed by atoms with Crippen LogP contribution in [0.3, 0.4) is 0 Å². The van der Waals surface area contributed by atoms with Gasteiger partial charge in [0.25, 0.3) is 0 Å². The average molecular weight is 273 g/mol. The van der Waals surface area contributed by atoms with E-state index in [-0.39, 0.29) is 6.04 Å². The van der Waals surface area contributed by atoms with Crippen molar-refractivity contribution in [3.63, 3.8) is 0 Å². The van der Waals surface area contributed by atoms with Crippen LogP contribution >= 0.6 is 23.2 Å². The number of nitrogens with two attached hydrogens (primary N) is 1. The van der Waals surface area contributed by atoms with Gasteiger partial charge in [0.1, 0.15) is 0 Å². The van der Waals surface area contributed by atoms with Gasteiger partial charge < -0.3 is 0 Å². The molecule has 4 heteroatoms. The zero-order valence-corrected chi connectivity index (χ0v) is 11.5. The predicted molar refractivity (Wildman–Crippen MR) is 75.3 cm³/mol. The first-order chi connectivity index (χ1) is 8.06. The van der Waals surface area contributed by atoms with Gasteiger partial charge >= 0.3 is 0 Å². The number of rotatable bonds is 6. The van der Waals surface area contributed by atoms with E-state index in [1.807, 2.05) is 12.1 Å². The summed E-state index contributed by atoms with van der Waals surface area (Å²) in [6.45, 7) is 6.08. The second kappa shape index (κ2) is 7.02. The standard InChI is InChI=1S/C13H18Cl2N2/c1-3-9(2)6-12(17-16)7-10-4-5-11(14)8-13(10)15/h4-5,8,12,17H,2-3,6-7,16H2,1H3. The Bertz CT molecular complexity index is 391. The molecule has 2 nitrogen and oxygen atoms in total. The van der Waals surface area contributed by atoms with E-state index in [1.54, 1.807) is 6.07 Å². The fourth-order valence-electron chi connectivity index (χ4n) is 1.64. The lowest BCUT2D eigenvalue weighted by Gasteiger charge is -2.17. The molecule has 0 radical (unpaired) electrons. The van der Waals surface area contributed by atoms with Gasteiger partial charge in [-0.1, -0.05) is 48.3 Å². The van der Waals surface area contributed by atoms with E-state index in [4.69, 9.17) is 29.0 Å². The molecule has 0 amide bonds. The fourth-order valence-corrected chi connectivity index (χ4v) is 2.12. The highest BCUT2D eigenvalue weighted by molar-refractivity contribution is 6.35. The van der Waals surface area contributed by atoms with Crippen molar-refractivity contribution >= 4 is 23.2 Å². The van der Waals surface area contributed by atoms with Crippen molar-refractivity contribution in [2.45, 2.75) is 32.2 Å². The first-order valence-corrected chi connectivity index (χ1v) is 6.39. The minimum atomic E-state index is 0.154. The van der Waals surface area contributed by atoms with E-state index in [0.717, 1.165) is 24.8 Å². The van der Waals surface area contributed by atoms with Gasteiger partial charge in [-0.3, -0.25) is 11.3 Å². The van der Waals surface area contributed by atoms with Crippen molar-refractivity contribution < 1.29 is 0 Å². The molecular weight excluding hydrogens is 255 g/mol. The van der Waals surface area contributed by atoms with Crippen molar-refractivity contribution in [2.24, 2.45) is 5.84 Å². The van der Waals surface area contributed by atoms with Crippen molar-refractivity contribution in [1.29, 1.82) is 0 Å². The zero-order chi connectivity index (χ0) is 12.8. The van der Waals surface area contributed by atoms with Gasteiger partial charge in [0, 0.05) is 16.1 Å². The molecule has 0 aromatic heterocycles. The maximum Gasteiger partial charge on any atom is 0.0453 e. The smallest absolute Gasteiger partial charge is 0.0453 e. The van der Waals surface area contributed by atoms with Crippen molar-refractivity contribution in [2.75, 3.05) is 0 Å². The van der Waals surface area contributed by atoms with Gasteiger partial charge in [-0.15, -0.1) is 0 Å². The van der Waals surface area contributed by atoms with Crippen LogP contribution in [-0.4, -0.2) is 6.04 Å². The molecule has 0 spiro atoms. The number of halogens is 2. The quantitative estimate of drug-likeness (QED) is 0.471. The first-order valence-electron chi connectivity index (χ1n) is 5.63. The Morgan fingerprint density at radius 2 is 2.18 bits per heavy atom. The SMILES string of the molecule is C=C(CC)CC(Cc1ccc(Cl)cc1Cl)NN. The van der Waals surface area contributed by atoms with E-state index in [2.05, 4.69) is 18.9 Å². The zero-order valence-electron chi connectivity index (χ0n) is 9.97. The van der Waals surface area contributed by atoms with E-state index >= 15 is 0 Å². The van der Waals surface area contributed by atoms with Crippen LogP contribution in [-0.2, 0) is 6.42 Å². The summed E-state index contributed by atoms with van der Waals surface area (Å²) in [5, 5.41) is 1.33. The van der Waals surface area contributed by atoms with Gasteiger partial charge in [0.05, 0.1) is 0 Å². The van der Waals surface area contributed by atoms with Gasteiger partial charge in [-0.05, 0) is 37.0 Å². The minimum absolute atomic E-state index is 0.154. The molecule has 0 aliphatic carbocycles. The largest absolute Gasteiger partial charge is 0.271 e. The molecule has 1 aromatic carbocycles. The summed E-state index contributed by atoms with van der Waals surface area (Å²) < 4.78 is 0. The van der Waals surface area contributed by atoms with Crippen LogP contribution in [0.2, 0.25) is 10.0 Å². The van der Waals surface area contributed by atoms with Crippen LogP contribution < -0.4 is 11.3 Å². The Morgan fingerprint density at radius 3 is 2.71 bits per heavy atom. The molecule has 0 bridgehead atoms. The Hall–Kier alpha value is -0.540. The lowest BCUT2D eigenvalue weighted by molar-refractivity contribution is 0.517. The van der Waals surface area contributed by atoms with E-state index in [0.29, 0.717) is 10.0 Å². The maximum absolute atomic E-state index is 6.13. The molecule has 94 valence electrons. The summed E-state index contributed by atoms with van der Waals surface area (Å²) in [5.74, 6) is 5.54. The minimum Gasteiger partial charge on any atom is -0.271 e. The molecule has 17 heavy (non-hydrogen) atoms. The van der Waals surface area contributed by atoms with E-state index < -0.39 is 0 Å². The highest BCUT2D eigenvalue weighted by Crippen LogP contribution is 2.23. The average Bonchev–Trinajstić information content (AvgIpc) is 2.31. The molecule has 1 aromatic rings. The molecule has 1 atom stereocenters. The summed E-state index contributed by atoms with van der Waals surface area (Å²) in [4.78, 5) is 0. The molecular formula is C13H18Cl2N2. The first kappa shape index (κ1) is 14.5. The molecule has 1 unspecified atom stereocenters. The third-order valence-corrected chi connectivity index (χ3v) is 3.34. The molecule has 1 rings (SSSR count). The molecule has 0 aliphatic rings. The second-order valence-electron chi connectivity index (χ2n) is 4.11. The second-order valence-corrected chi connectivity index (χ2v) is 4.95. The highest BCUT2D eigenvalue weighted by atomic mass is 35.5. The fraction of sp³-hybridized carbons (Fsp3) is 0.385. The van der Waals surface area contributed by atoms with Crippen LogP contribution in [0.15, 0.2) is 30.4 Å². The highest BCUT2D eigenvalue weighted by Gasteiger charge is 2.11. The number of hydrazine groups is 1. The molecule has 0 saturated heterocycles. The summed E-state index contributed by atoms with van der Waals surface area (Å²) in [7, 11) is 0. The number of hydrogen-bond donors (Lipinski definition) is 2. The van der Waals surface area contributed by atoms with Crippen LogP contribution in [0, 0.1) is 0 Å². The lowest BCUT2D eigenvalue weighted by Crippen LogP contribution is -2.37. The Balaban J connectivity index is 2.70. The van der Waals surface area contributed by atoms with Gasteiger partial charge in [-0.2, -0.15) is 0 Å². The lowest BCUT2D eigenvalue weighted by atomic mass is 9.99. The number of nitrogens with one attached hydrogen (secondary N) is 1. The molecule has 3 N–H and O–H groups in total. The Kier molecular flexibility index (Phi) is 6.00. The van der Waals surface area contributed by atoms with Gasteiger partial charge in [-0.25, -0.2) is 0 Å². The number of benzene rings is 1. The summed E-state index contributed by atoms with van der Waals surface area (Å²) in [5.41, 5.74) is 5.03. The van der Waals surface area contributed by atoms with Crippen LogP contribution in [0.1, 0.15) is 25.3 Å². The van der Waals surface area contributed by atoms with Crippen molar-refractivity contribution in [3.8, 4) is 0 Å². The monoisotopic (exact) mass is 272 g/mol. The summed E-state index contributed by atoms with van der Waals surface area (Å²) in [6, 6.07) is 5.68. The van der Waals surface area contributed by atoms with Crippen molar-refractivity contribution in [3.05, 3.63) is 46.0 Å². The summed E-state index contributed by atoms with van der Waals surface area (Å²) >= 11 is 12.0. The molecule has 0 saturated carbocycles. The van der Waals surface area contributed by atoms with Crippen LogP contribution in [0.4, 0.5) is 0 Å². The topological polar surface area (TPSA) is 38.0 Å². The Labute approximate surface area is 113 Å². The van der Waals surface area contributed by atoms with Gasteiger partial charge in [0.2, 0.25) is 0 Å².